The fourth-order valence-corrected chi connectivity index (χ4v) is 3.89. The molecule has 190 valence electrons. The van der Waals surface area contributed by atoms with E-state index in [2.05, 4.69) is 31.7 Å². The Labute approximate surface area is 210 Å². The Morgan fingerprint density at radius 1 is 1.06 bits per heavy atom. The topological polar surface area (TPSA) is 59.8 Å². The van der Waals surface area contributed by atoms with Gasteiger partial charge < -0.3 is 14.6 Å². The first kappa shape index (κ1) is 26.9. The Balaban J connectivity index is 1.95. The van der Waals surface area contributed by atoms with Crippen molar-refractivity contribution in [3.8, 4) is 17.3 Å². The maximum atomic E-state index is 10.8. The summed E-state index contributed by atoms with van der Waals surface area (Å²) in [7, 11) is 0. The molecule has 0 amide bonds. The quantitative estimate of drug-likeness (QED) is 0.362. The fourth-order valence-electron chi connectivity index (χ4n) is 3.89. The van der Waals surface area contributed by atoms with Crippen LogP contribution in [0.15, 0.2) is 54.6 Å². The SMILES string of the molecule is CCC(C)N(Cc1c(C)nn(-c2ccccc2)c1Oc1cccc(C)c1)CC(O)COC(C)(C)C. The van der Waals surface area contributed by atoms with Crippen LogP contribution in [0.5, 0.6) is 11.6 Å². The molecule has 0 saturated heterocycles. The van der Waals surface area contributed by atoms with E-state index in [4.69, 9.17) is 14.6 Å². The summed E-state index contributed by atoms with van der Waals surface area (Å²) in [5, 5.41) is 15.6. The van der Waals surface area contributed by atoms with Crippen molar-refractivity contribution in [2.75, 3.05) is 13.2 Å². The number of hydrogen-bond donors (Lipinski definition) is 1. The molecule has 35 heavy (non-hydrogen) atoms. The Hall–Kier alpha value is -2.67. The van der Waals surface area contributed by atoms with Crippen molar-refractivity contribution < 1.29 is 14.6 Å². The highest BCUT2D eigenvalue weighted by atomic mass is 16.5. The number of aliphatic hydroxyl groups is 1. The summed E-state index contributed by atoms with van der Waals surface area (Å²) in [5.74, 6) is 1.48. The number of aryl methyl sites for hydroxylation is 2. The molecule has 0 fully saturated rings. The van der Waals surface area contributed by atoms with Crippen LogP contribution in [0.2, 0.25) is 0 Å². The minimum atomic E-state index is -0.589. The first-order valence-electron chi connectivity index (χ1n) is 12.5. The molecule has 2 aromatic carbocycles. The van der Waals surface area contributed by atoms with Gasteiger partial charge >= 0.3 is 0 Å². The zero-order valence-electron chi connectivity index (χ0n) is 22.3. The Morgan fingerprint density at radius 2 is 1.77 bits per heavy atom. The molecule has 1 N–H and O–H groups in total. The average molecular weight is 480 g/mol. The molecule has 2 atom stereocenters. The van der Waals surface area contributed by atoms with Gasteiger partial charge in [-0.15, -0.1) is 0 Å². The van der Waals surface area contributed by atoms with Crippen LogP contribution in [0, 0.1) is 13.8 Å². The number of benzene rings is 2. The Morgan fingerprint density at radius 3 is 2.40 bits per heavy atom. The van der Waals surface area contributed by atoms with Gasteiger partial charge in [0.05, 0.1) is 35.3 Å². The highest BCUT2D eigenvalue weighted by Gasteiger charge is 2.25. The van der Waals surface area contributed by atoms with Gasteiger partial charge in [-0.1, -0.05) is 37.3 Å². The van der Waals surface area contributed by atoms with Gasteiger partial charge in [0.1, 0.15) is 5.75 Å². The fraction of sp³-hybridized carbons (Fsp3) is 0.483. The lowest BCUT2D eigenvalue weighted by Crippen LogP contribution is -2.41. The predicted octanol–water partition coefficient (Wildman–Crippen LogP) is 6.06. The lowest BCUT2D eigenvalue weighted by molar-refractivity contribution is -0.0593. The molecule has 3 rings (SSSR count). The van der Waals surface area contributed by atoms with Gasteiger partial charge in [0.15, 0.2) is 0 Å². The van der Waals surface area contributed by atoms with Gasteiger partial charge in [0, 0.05) is 19.1 Å². The zero-order chi connectivity index (χ0) is 25.6. The van der Waals surface area contributed by atoms with E-state index >= 15 is 0 Å². The second-order valence-electron chi connectivity index (χ2n) is 10.3. The molecule has 0 radical (unpaired) electrons. The van der Waals surface area contributed by atoms with E-state index in [1.165, 1.54) is 0 Å². The minimum Gasteiger partial charge on any atom is -0.439 e. The van der Waals surface area contributed by atoms with Crippen LogP contribution in [-0.4, -0.2) is 50.7 Å². The number of nitrogens with zero attached hydrogens (tertiary/aromatic N) is 3. The normalized spacial score (nSPS) is 13.7. The molecule has 6 heteroatoms. The van der Waals surface area contributed by atoms with E-state index in [0.717, 1.165) is 34.7 Å². The van der Waals surface area contributed by atoms with Crippen LogP contribution in [0.4, 0.5) is 0 Å². The van der Waals surface area contributed by atoms with Crippen molar-refractivity contribution in [1.29, 1.82) is 0 Å². The summed E-state index contributed by atoms with van der Waals surface area (Å²) in [4.78, 5) is 2.29. The molecule has 0 spiro atoms. The van der Waals surface area contributed by atoms with Crippen molar-refractivity contribution in [3.05, 3.63) is 71.4 Å². The molecule has 2 unspecified atom stereocenters. The van der Waals surface area contributed by atoms with Gasteiger partial charge in [0.25, 0.3) is 0 Å². The minimum absolute atomic E-state index is 0.269. The summed E-state index contributed by atoms with van der Waals surface area (Å²) in [6.07, 6.45) is 0.376. The first-order chi connectivity index (χ1) is 16.6. The smallest absolute Gasteiger partial charge is 0.227 e. The molecule has 6 nitrogen and oxygen atoms in total. The lowest BCUT2D eigenvalue weighted by atomic mass is 10.1. The highest BCUT2D eigenvalue weighted by Crippen LogP contribution is 2.32. The molecule has 1 heterocycles. The van der Waals surface area contributed by atoms with E-state index in [1.807, 2.05) is 80.9 Å². The number of rotatable bonds is 11. The predicted molar refractivity (Wildman–Crippen MR) is 141 cm³/mol. The first-order valence-corrected chi connectivity index (χ1v) is 12.5. The van der Waals surface area contributed by atoms with E-state index < -0.39 is 6.10 Å². The van der Waals surface area contributed by atoms with Gasteiger partial charge in [-0.25, -0.2) is 4.68 Å². The van der Waals surface area contributed by atoms with Crippen LogP contribution in [0.25, 0.3) is 5.69 Å². The molecular formula is C29H41N3O3. The zero-order valence-corrected chi connectivity index (χ0v) is 22.3. The summed E-state index contributed by atoms with van der Waals surface area (Å²) in [6.45, 7) is 15.9. The standard InChI is InChI=1S/C29H41N3O3/c1-8-22(3)31(18-25(33)20-34-29(5,6)7)19-27-23(4)30-32(24-14-10-9-11-15-24)28(27)35-26-16-12-13-21(2)17-26/h9-17,22,25,33H,8,18-20H2,1-7H3. The summed E-state index contributed by atoms with van der Waals surface area (Å²) in [5.41, 5.74) is 3.71. The molecule has 3 aromatic rings. The third-order valence-corrected chi connectivity index (χ3v) is 6.07. The monoisotopic (exact) mass is 479 g/mol. The van der Waals surface area contributed by atoms with E-state index in [-0.39, 0.29) is 11.6 Å². The van der Waals surface area contributed by atoms with Gasteiger partial charge in [-0.2, -0.15) is 5.10 Å². The van der Waals surface area contributed by atoms with Crippen LogP contribution in [0.3, 0.4) is 0 Å². The molecule has 1 aromatic heterocycles. The van der Waals surface area contributed by atoms with Crippen molar-refractivity contribution in [2.24, 2.45) is 0 Å². The highest BCUT2D eigenvalue weighted by molar-refractivity contribution is 5.43. The van der Waals surface area contributed by atoms with Gasteiger partial charge in [0.2, 0.25) is 5.88 Å². The number of ether oxygens (including phenoxy) is 2. The van der Waals surface area contributed by atoms with E-state index in [0.29, 0.717) is 25.6 Å². The van der Waals surface area contributed by atoms with Crippen molar-refractivity contribution in [2.45, 2.75) is 79.2 Å². The molecular weight excluding hydrogens is 438 g/mol. The molecule has 0 aliphatic carbocycles. The maximum Gasteiger partial charge on any atom is 0.227 e. The van der Waals surface area contributed by atoms with Crippen LogP contribution in [0.1, 0.15) is 57.9 Å². The maximum absolute atomic E-state index is 10.8. The van der Waals surface area contributed by atoms with Crippen molar-refractivity contribution in [3.63, 3.8) is 0 Å². The van der Waals surface area contributed by atoms with Crippen LogP contribution in [-0.2, 0) is 11.3 Å². The molecule has 0 bridgehead atoms. The third kappa shape index (κ3) is 7.66. The van der Waals surface area contributed by atoms with Crippen molar-refractivity contribution in [1.82, 2.24) is 14.7 Å². The molecule has 0 aliphatic rings. The summed E-state index contributed by atoms with van der Waals surface area (Å²) in [6, 6.07) is 18.4. The number of aliphatic hydroxyl groups excluding tert-OH is 1. The average Bonchev–Trinajstić information content (AvgIpc) is 3.11. The molecule has 0 aliphatic heterocycles. The van der Waals surface area contributed by atoms with Crippen LogP contribution >= 0.6 is 0 Å². The van der Waals surface area contributed by atoms with Gasteiger partial charge in [-0.3, -0.25) is 4.90 Å². The Bertz CT molecular complexity index is 1070. The summed E-state index contributed by atoms with van der Waals surface area (Å²) >= 11 is 0. The second kappa shape index (κ2) is 11.8. The second-order valence-corrected chi connectivity index (χ2v) is 10.3. The number of para-hydroxylation sites is 1. The number of hydrogen-bond acceptors (Lipinski definition) is 5. The lowest BCUT2D eigenvalue weighted by Gasteiger charge is -2.31. The Kier molecular flexibility index (Phi) is 9.11. The summed E-state index contributed by atoms with van der Waals surface area (Å²) < 4.78 is 14.2. The van der Waals surface area contributed by atoms with E-state index in [1.54, 1.807) is 0 Å². The van der Waals surface area contributed by atoms with Crippen LogP contribution < -0.4 is 4.74 Å². The molecule has 0 saturated carbocycles. The third-order valence-electron chi connectivity index (χ3n) is 6.07. The van der Waals surface area contributed by atoms with Gasteiger partial charge in [-0.05, 0) is 77.8 Å². The van der Waals surface area contributed by atoms with E-state index in [9.17, 15) is 5.11 Å². The van der Waals surface area contributed by atoms with Crippen molar-refractivity contribution >= 4 is 0 Å². The number of aromatic nitrogens is 2. The largest absolute Gasteiger partial charge is 0.439 e.